The van der Waals surface area contributed by atoms with Crippen LogP contribution in [0.15, 0.2) is 34.9 Å². The number of alkyl halides is 4. The summed E-state index contributed by atoms with van der Waals surface area (Å²) >= 11 is 0. The Morgan fingerprint density at radius 2 is 1.95 bits per heavy atom. The zero-order chi connectivity index (χ0) is 16.3. The van der Waals surface area contributed by atoms with Gasteiger partial charge in [-0.2, -0.15) is 13.2 Å². The summed E-state index contributed by atoms with van der Waals surface area (Å²) in [6, 6.07) is 7.87. The molecule has 1 heterocycles. The van der Waals surface area contributed by atoms with Gasteiger partial charge in [-0.3, -0.25) is 4.79 Å². The van der Waals surface area contributed by atoms with Crippen molar-refractivity contribution in [1.82, 2.24) is 10.5 Å². The lowest BCUT2D eigenvalue weighted by Crippen LogP contribution is -2.29. The van der Waals surface area contributed by atoms with Crippen molar-refractivity contribution in [2.24, 2.45) is 0 Å². The lowest BCUT2D eigenvalue weighted by molar-refractivity contribution is -0.143. The largest absolute Gasteiger partial charge is 0.437 e. The SMILES string of the molecule is Nc1onc(C(F)(F)F)c1C(=O)NCC(F)c1ccccc1. The van der Waals surface area contributed by atoms with Gasteiger partial charge in [-0.05, 0) is 5.56 Å². The number of amides is 1. The van der Waals surface area contributed by atoms with E-state index in [1.54, 1.807) is 18.2 Å². The monoisotopic (exact) mass is 317 g/mol. The zero-order valence-corrected chi connectivity index (χ0v) is 11.0. The van der Waals surface area contributed by atoms with Crippen LogP contribution in [0.5, 0.6) is 0 Å². The van der Waals surface area contributed by atoms with Gasteiger partial charge >= 0.3 is 6.18 Å². The average Bonchev–Trinajstić information content (AvgIpc) is 2.87. The van der Waals surface area contributed by atoms with Crippen LogP contribution in [0.25, 0.3) is 0 Å². The molecular formula is C13H11F4N3O2. The standard InChI is InChI=1S/C13H11F4N3O2/c14-8(7-4-2-1-3-5-7)6-19-12(21)9-10(13(15,16)17)20-22-11(9)18/h1-5,8H,6,18H2,(H,19,21). The Balaban J connectivity index is 2.09. The van der Waals surface area contributed by atoms with E-state index in [-0.39, 0.29) is 5.56 Å². The van der Waals surface area contributed by atoms with Gasteiger partial charge in [0, 0.05) is 0 Å². The Bertz CT molecular complexity index is 655. The highest BCUT2D eigenvalue weighted by molar-refractivity contribution is 5.99. The summed E-state index contributed by atoms with van der Waals surface area (Å²) in [5.74, 6) is -1.98. The number of nitrogen functional groups attached to an aromatic ring is 1. The fourth-order valence-electron chi connectivity index (χ4n) is 1.77. The molecule has 0 saturated carbocycles. The van der Waals surface area contributed by atoms with Gasteiger partial charge in [0.2, 0.25) is 11.6 Å². The quantitative estimate of drug-likeness (QED) is 0.850. The Morgan fingerprint density at radius 1 is 1.32 bits per heavy atom. The highest BCUT2D eigenvalue weighted by Crippen LogP contribution is 2.33. The maximum Gasteiger partial charge on any atom is 0.437 e. The van der Waals surface area contributed by atoms with Gasteiger partial charge in [0.05, 0.1) is 6.54 Å². The number of nitrogens with two attached hydrogens (primary N) is 1. The molecule has 0 bridgehead atoms. The van der Waals surface area contributed by atoms with Crippen LogP contribution in [0, 0.1) is 0 Å². The summed E-state index contributed by atoms with van der Waals surface area (Å²) in [6.07, 6.45) is -6.47. The molecular weight excluding hydrogens is 306 g/mol. The lowest BCUT2D eigenvalue weighted by Gasteiger charge is -2.10. The first-order valence-corrected chi connectivity index (χ1v) is 6.10. The van der Waals surface area contributed by atoms with E-state index in [1.807, 2.05) is 5.32 Å². The van der Waals surface area contributed by atoms with Crippen molar-refractivity contribution in [3.05, 3.63) is 47.2 Å². The summed E-state index contributed by atoms with van der Waals surface area (Å²) in [5.41, 5.74) is 2.97. The molecule has 2 rings (SSSR count). The average molecular weight is 317 g/mol. The molecule has 0 saturated heterocycles. The van der Waals surface area contributed by atoms with Crippen molar-refractivity contribution in [2.45, 2.75) is 12.3 Å². The Kier molecular flexibility index (Phi) is 4.34. The van der Waals surface area contributed by atoms with Crippen LogP contribution in [0.4, 0.5) is 23.4 Å². The molecule has 1 aromatic carbocycles. The van der Waals surface area contributed by atoms with Crippen LogP contribution in [-0.2, 0) is 6.18 Å². The highest BCUT2D eigenvalue weighted by Gasteiger charge is 2.41. The van der Waals surface area contributed by atoms with E-state index in [0.29, 0.717) is 0 Å². The molecule has 0 aliphatic rings. The molecule has 0 fully saturated rings. The summed E-state index contributed by atoms with van der Waals surface area (Å²) in [6.45, 7) is -0.509. The second kappa shape index (κ2) is 6.04. The molecule has 1 aromatic heterocycles. The van der Waals surface area contributed by atoms with Gasteiger partial charge in [-0.1, -0.05) is 35.5 Å². The van der Waals surface area contributed by atoms with Gasteiger partial charge in [0.25, 0.3) is 5.91 Å². The number of benzene rings is 1. The van der Waals surface area contributed by atoms with Crippen LogP contribution in [0.1, 0.15) is 27.8 Å². The number of halogens is 4. The number of hydrogen-bond acceptors (Lipinski definition) is 4. The van der Waals surface area contributed by atoms with Gasteiger partial charge in [0.15, 0.2) is 0 Å². The van der Waals surface area contributed by atoms with Crippen molar-refractivity contribution in [1.29, 1.82) is 0 Å². The number of nitrogens with one attached hydrogen (secondary N) is 1. The molecule has 2 aromatic rings. The Hall–Kier alpha value is -2.58. The minimum Gasteiger partial charge on any atom is -0.367 e. The molecule has 5 nitrogen and oxygen atoms in total. The fraction of sp³-hybridized carbons (Fsp3) is 0.231. The topological polar surface area (TPSA) is 81.2 Å². The summed E-state index contributed by atoms with van der Waals surface area (Å²) in [5, 5.41) is 4.76. The maximum absolute atomic E-state index is 13.9. The number of carbonyl (C=O) groups excluding carboxylic acids is 1. The van der Waals surface area contributed by atoms with Crippen molar-refractivity contribution < 1.29 is 26.9 Å². The predicted molar refractivity (Wildman–Crippen MR) is 68.5 cm³/mol. The minimum atomic E-state index is -4.90. The third kappa shape index (κ3) is 3.35. The summed E-state index contributed by atoms with van der Waals surface area (Å²) in [4.78, 5) is 11.8. The summed E-state index contributed by atoms with van der Waals surface area (Å²) < 4.78 is 56.0. The molecule has 0 aliphatic heterocycles. The third-order valence-electron chi connectivity index (χ3n) is 2.82. The van der Waals surface area contributed by atoms with Crippen LogP contribution in [0.2, 0.25) is 0 Å². The van der Waals surface area contributed by atoms with E-state index in [4.69, 9.17) is 5.73 Å². The second-order valence-corrected chi connectivity index (χ2v) is 4.36. The van der Waals surface area contributed by atoms with E-state index in [0.717, 1.165) is 0 Å². The van der Waals surface area contributed by atoms with E-state index in [9.17, 15) is 22.4 Å². The maximum atomic E-state index is 13.9. The van der Waals surface area contributed by atoms with Crippen molar-refractivity contribution in [3.8, 4) is 0 Å². The second-order valence-electron chi connectivity index (χ2n) is 4.36. The zero-order valence-electron chi connectivity index (χ0n) is 11.0. The number of aromatic nitrogens is 1. The number of carbonyl (C=O) groups is 1. The predicted octanol–water partition coefficient (Wildman–Crippen LogP) is 2.72. The van der Waals surface area contributed by atoms with E-state index >= 15 is 0 Å². The normalized spacial score (nSPS) is 12.9. The molecule has 118 valence electrons. The van der Waals surface area contributed by atoms with Gasteiger partial charge < -0.3 is 15.6 Å². The highest BCUT2D eigenvalue weighted by atomic mass is 19.4. The number of nitrogens with zero attached hydrogens (tertiary/aromatic N) is 1. The van der Waals surface area contributed by atoms with Crippen LogP contribution in [0.3, 0.4) is 0 Å². The fourth-order valence-corrected chi connectivity index (χ4v) is 1.77. The molecule has 22 heavy (non-hydrogen) atoms. The molecule has 0 aliphatic carbocycles. The first kappa shape index (κ1) is 15.8. The van der Waals surface area contributed by atoms with E-state index in [1.165, 1.54) is 12.1 Å². The van der Waals surface area contributed by atoms with E-state index in [2.05, 4.69) is 9.68 Å². The van der Waals surface area contributed by atoms with Crippen molar-refractivity contribution >= 4 is 11.8 Å². The molecule has 0 radical (unpaired) electrons. The molecule has 3 N–H and O–H groups in total. The Morgan fingerprint density at radius 3 is 2.55 bits per heavy atom. The van der Waals surface area contributed by atoms with Crippen molar-refractivity contribution in [2.75, 3.05) is 12.3 Å². The Labute approximate surface area is 122 Å². The minimum absolute atomic E-state index is 0.289. The molecule has 0 spiro atoms. The first-order valence-electron chi connectivity index (χ1n) is 6.10. The van der Waals surface area contributed by atoms with Gasteiger partial charge in [0.1, 0.15) is 11.7 Å². The van der Waals surface area contributed by atoms with E-state index < -0.39 is 41.9 Å². The van der Waals surface area contributed by atoms with Crippen molar-refractivity contribution in [3.63, 3.8) is 0 Å². The number of hydrogen-bond donors (Lipinski definition) is 2. The molecule has 1 amide bonds. The number of rotatable bonds is 4. The smallest absolute Gasteiger partial charge is 0.367 e. The van der Waals surface area contributed by atoms with Crippen LogP contribution in [-0.4, -0.2) is 17.6 Å². The van der Waals surface area contributed by atoms with Gasteiger partial charge in [-0.25, -0.2) is 4.39 Å². The lowest BCUT2D eigenvalue weighted by atomic mass is 10.1. The first-order chi connectivity index (χ1) is 10.3. The van der Waals surface area contributed by atoms with Crippen LogP contribution >= 0.6 is 0 Å². The van der Waals surface area contributed by atoms with Gasteiger partial charge in [-0.15, -0.1) is 0 Å². The third-order valence-corrected chi connectivity index (χ3v) is 2.82. The molecule has 9 heteroatoms. The van der Waals surface area contributed by atoms with Crippen LogP contribution < -0.4 is 11.1 Å². The summed E-state index contributed by atoms with van der Waals surface area (Å²) in [7, 11) is 0. The molecule has 1 unspecified atom stereocenters. The molecule has 1 atom stereocenters. The number of anilines is 1.